The zero-order valence-corrected chi connectivity index (χ0v) is 17.7. The largest absolute Gasteiger partial charge is 0.486 e. The minimum Gasteiger partial charge on any atom is -0.486 e. The normalized spacial score (nSPS) is 11.6. The number of carbonyl (C=O) groups is 2. The molecule has 0 saturated carbocycles. The first-order chi connectivity index (χ1) is 15.5. The van der Waals surface area contributed by atoms with E-state index in [2.05, 4.69) is 26.3 Å². The van der Waals surface area contributed by atoms with Gasteiger partial charge in [-0.25, -0.2) is 0 Å². The van der Waals surface area contributed by atoms with Crippen molar-refractivity contribution in [1.29, 1.82) is 0 Å². The minimum atomic E-state index is -0.327. The maximum absolute atomic E-state index is 13.3. The predicted molar refractivity (Wildman–Crippen MR) is 123 cm³/mol. The van der Waals surface area contributed by atoms with Crippen molar-refractivity contribution >= 4 is 11.6 Å². The summed E-state index contributed by atoms with van der Waals surface area (Å²) in [7, 11) is 0. The molecular formula is C26H24O6. The molecule has 0 amide bonds. The molecule has 0 aliphatic heterocycles. The number of hydrogen-bond acceptors (Lipinski definition) is 6. The third-order valence-corrected chi connectivity index (χ3v) is 4.57. The fraction of sp³-hybridized carbons (Fsp3) is 0.154. The molecule has 0 heterocycles. The molecule has 2 aromatic carbocycles. The van der Waals surface area contributed by atoms with Crippen LogP contribution in [0, 0.1) is 0 Å². The van der Waals surface area contributed by atoms with Crippen LogP contribution in [0.4, 0.5) is 0 Å². The second kappa shape index (κ2) is 10.3. The van der Waals surface area contributed by atoms with Crippen molar-refractivity contribution in [3.8, 4) is 23.0 Å². The quantitative estimate of drug-likeness (QED) is 0.386. The Morgan fingerprint density at radius 2 is 0.719 bits per heavy atom. The highest BCUT2D eigenvalue weighted by Crippen LogP contribution is 2.40. The summed E-state index contributed by atoms with van der Waals surface area (Å²) in [5, 5.41) is 0. The van der Waals surface area contributed by atoms with Crippen molar-refractivity contribution in [1.82, 2.24) is 0 Å². The molecule has 0 atom stereocenters. The van der Waals surface area contributed by atoms with Gasteiger partial charge in [-0.1, -0.05) is 50.6 Å². The smallest absolute Gasteiger partial charge is 0.194 e. The lowest BCUT2D eigenvalue weighted by Gasteiger charge is -2.22. The molecule has 1 aliphatic rings. The van der Waals surface area contributed by atoms with Gasteiger partial charge >= 0.3 is 0 Å². The molecule has 0 N–H and O–H groups in total. The maximum Gasteiger partial charge on any atom is 0.194 e. The summed E-state index contributed by atoms with van der Waals surface area (Å²) in [4.78, 5) is 26.7. The highest BCUT2D eigenvalue weighted by Gasteiger charge is 2.33. The molecule has 0 fully saturated rings. The Balaban J connectivity index is 2.12. The van der Waals surface area contributed by atoms with Crippen molar-refractivity contribution in [2.24, 2.45) is 0 Å². The molecule has 6 heteroatoms. The molecular weight excluding hydrogens is 408 g/mol. The van der Waals surface area contributed by atoms with Gasteiger partial charge in [0.05, 0.1) is 0 Å². The van der Waals surface area contributed by atoms with Gasteiger partial charge in [0, 0.05) is 22.3 Å². The first-order valence-electron chi connectivity index (χ1n) is 9.95. The van der Waals surface area contributed by atoms with E-state index >= 15 is 0 Å². The third kappa shape index (κ3) is 4.49. The summed E-state index contributed by atoms with van der Waals surface area (Å²) in [5.74, 6) is 0.695. The van der Waals surface area contributed by atoms with Crippen molar-refractivity contribution in [3.63, 3.8) is 0 Å². The number of benzene rings is 2. The van der Waals surface area contributed by atoms with Crippen molar-refractivity contribution in [3.05, 3.63) is 97.1 Å². The maximum atomic E-state index is 13.3. The molecule has 3 rings (SSSR count). The standard InChI is InChI=1S/C26H24O6/c1-5-9-29-21-13-17-18(14-22(21)30-10-6-2)26(28)20-16-24(32-12-8-4)23(31-11-7-3)15-19(20)25(17)27/h5-8,13-16H,1-4,9-12H2. The summed E-state index contributed by atoms with van der Waals surface area (Å²) in [6, 6.07) is 6.08. The zero-order valence-electron chi connectivity index (χ0n) is 17.7. The van der Waals surface area contributed by atoms with Crippen LogP contribution in [0.1, 0.15) is 31.8 Å². The van der Waals surface area contributed by atoms with E-state index < -0.39 is 0 Å². The van der Waals surface area contributed by atoms with Gasteiger partial charge in [-0.2, -0.15) is 0 Å². The van der Waals surface area contributed by atoms with Crippen molar-refractivity contribution < 1.29 is 28.5 Å². The summed E-state index contributed by atoms with van der Waals surface area (Å²) >= 11 is 0. The second-order valence-electron chi connectivity index (χ2n) is 6.75. The Bertz CT molecular complexity index is 926. The van der Waals surface area contributed by atoms with Crippen LogP contribution in [0.5, 0.6) is 23.0 Å². The summed E-state index contributed by atoms with van der Waals surface area (Å²) < 4.78 is 22.6. The number of hydrogen-bond donors (Lipinski definition) is 0. The van der Waals surface area contributed by atoms with Gasteiger partial charge < -0.3 is 18.9 Å². The van der Waals surface area contributed by atoms with E-state index in [-0.39, 0.29) is 60.2 Å². The topological polar surface area (TPSA) is 71.1 Å². The van der Waals surface area contributed by atoms with Crippen molar-refractivity contribution in [2.75, 3.05) is 26.4 Å². The van der Waals surface area contributed by atoms with E-state index in [9.17, 15) is 9.59 Å². The third-order valence-electron chi connectivity index (χ3n) is 4.57. The summed E-state index contributed by atoms with van der Waals surface area (Å²) in [5.41, 5.74) is 0.896. The Kier molecular flexibility index (Phi) is 7.29. The predicted octanol–water partition coefficient (Wildman–Crippen LogP) is 4.72. The van der Waals surface area contributed by atoms with Crippen LogP contribution in [-0.2, 0) is 0 Å². The highest BCUT2D eigenvalue weighted by atomic mass is 16.5. The average Bonchev–Trinajstić information content (AvgIpc) is 2.81. The van der Waals surface area contributed by atoms with E-state index in [1.807, 2.05) is 0 Å². The molecule has 0 spiro atoms. The first kappa shape index (κ1) is 22.6. The van der Waals surface area contributed by atoms with Gasteiger partial charge in [-0.15, -0.1) is 0 Å². The number of fused-ring (bicyclic) bond motifs is 2. The van der Waals surface area contributed by atoms with Gasteiger partial charge in [0.1, 0.15) is 26.4 Å². The lowest BCUT2D eigenvalue weighted by atomic mass is 9.83. The van der Waals surface area contributed by atoms with Crippen LogP contribution in [0.3, 0.4) is 0 Å². The Labute approximate surface area is 187 Å². The molecule has 6 nitrogen and oxygen atoms in total. The van der Waals surface area contributed by atoms with Gasteiger partial charge in [0.2, 0.25) is 0 Å². The Morgan fingerprint density at radius 3 is 0.906 bits per heavy atom. The fourth-order valence-corrected chi connectivity index (χ4v) is 3.21. The summed E-state index contributed by atoms with van der Waals surface area (Å²) in [6.07, 6.45) is 6.31. The zero-order chi connectivity index (χ0) is 23.1. The molecule has 1 aliphatic carbocycles. The molecule has 0 aromatic heterocycles. The molecule has 2 aromatic rings. The monoisotopic (exact) mass is 432 g/mol. The summed E-state index contributed by atoms with van der Waals surface area (Å²) in [6.45, 7) is 15.4. The number of carbonyl (C=O) groups excluding carboxylic acids is 2. The van der Waals surface area contributed by atoms with Gasteiger partial charge in [-0.3, -0.25) is 9.59 Å². The van der Waals surface area contributed by atoms with Gasteiger partial charge in [0.15, 0.2) is 34.6 Å². The Hall–Kier alpha value is -4.06. The van der Waals surface area contributed by atoms with Crippen LogP contribution in [-0.4, -0.2) is 38.0 Å². The minimum absolute atomic E-state index is 0.214. The van der Waals surface area contributed by atoms with E-state index in [0.717, 1.165) is 0 Å². The van der Waals surface area contributed by atoms with E-state index in [4.69, 9.17) is 18.9 Å². The second-order valence-corrected chi connectivity index (χ2v) is 6.75. The molecule has 164 valence electrons. The van der Waals surface area contributed by atoms with Crippen LogP contribution in [0.25, 0.3) is 0 Å². The molecule has 0 bridgehead atoms. The first-order valence-corrected chi connectivity index (χ1v) is 9.95. The molecule has 0 radical (unpaired) electrons. The van der Waals surface area contributed by atoms with Crippen molar-refractivity contribution in [2.45, 2.75) is 0 Å². The van der Waals surface area contributed by atoms with Gasteiger partial charge in [0.25, 0.3) is 0 Å². The SMILES string of the molecule is C=CCOc1cc2c(cc1OCC=C)C(=O)c1cc(OCC=C)c(OCC=C)cc1C2=O. The number of ketones is 2. The van der Waals surface area contributed by atoms with Gasteiger partial charge in [-0.05, 0) is 24.3 Å². The van der Waals surface area contributed by atoms with E-state index in [1.165, 1.54) is 24.3 Å². The number of rotatable bonds is 12. The molecule has 0 unspecified atom stereocenters. The lowest BCUT2D eigenvalue weighted by molar-refractivity contribution is 0.0977. The highest BCUT2D eigenvalue weighted by molar-refractivity contribution is 6.29. The molecule has 0 saturated heterocycles. The number of ether oxygens (including phenoxy) is 4. The van der Waals surface area contributed by atoms with E-state index in [0.29, 0.717) is 23.0 Å². The van der Waals surface area contributed by atoms with Crippen LogP contribution in [0.15, 0.2) is 74.9 Å². The van der Waals surface area contributed by atoms with Crippen LogP contribution in [0.2, 0.25) is 0 Å². The Morgan fingerprint density at radius 1 is 0.500 bits per heavy atom. The van der Waals surface area contributed by atoms with Crippen LogP contribution < -0.4 is 18.9 Å². The molecule has 32 heavy (non-hydrogen) atoms. The van der Waals surface area contributed by atoms with Crippen LogP contribution >= 0.6 is 0 Å². The lowest BCUT2D eigenvalue weighted by Crippen LogP contribution is -2.22. The fourth-order valence-electron chi connectivity index (χ4n) is 3.21. The van der Waals surface area contributed by atoms with E-state index in [1.54, 1.807) is 24.3 Å². The average molecular weight is 432 g/mol.